The largest absolute Gasteiger partial charge is 0.507 e. The van der Waals surface area contributed by atoms with E-state index in [4.69, 9.17) is 4.98 Å². The summed E-state index contributed by atoms with van der Waals surface area (Å²) in [6.07, 6.45) is 0.830. The van der Waals surface area contributed by atoms with Crippen molar-refractivity contribution in [3.05, 3.63) is 66.0 Å². The zero-order valence-electron chi connectivity index (χ0n) is 17.0. The third-order valence-electron chi connectivity index (χ3n) is 5.32. The molecule has 1 amide bonds. The number of hydrogen-bond donors (Lipinski definition) is 2. The number of anilines is 1. The second kappa shape index (κ2) is 8.14. The number of nitrogens with one attached hydrogen (secondary N) is 1. The van der Waals surface area contributed by atoms with Gasteiger partial charge in [0.15, 0.2) is 0 Å². The van der Waals surface area contributed by atoms with Crippen LogP contribution in [0.2, 0.25) is 0 Å². The molecule has 154 valence electrons. The first-order valence-corrected chi connectivity index (χ1v) is 9.99. The number of amides is 1. The number of pyridine rings is 1. The monoisotopic (exact) mass is 405 g/mol. The van der Waals surface area contributed by atoms with E-state index in [1.54, 1.807) is 12.1 Å². The van der Waals surface area contributed by atoms with Gasteiger partial charge >= 0.3 is 0 Å². The molecule has 6 heteroatoms. The summed E-state index contributed by atoms with van der Waals surface area (Å²) in [6, 6.07) is 15.7. The summed E-state index contributed by atoms with van der Waals surface area (Å²) in [4.78, 5) is 18.3. The lowest BCUT2D eigenvalue weighted by Crippen LogP contribution is -2.35. The third kappa shape index (κ3) is 4.27. The van der Waals surface area contributed by atoms with Crippen LogP contribution < -0.4 is 10.2 Å². The molecule has 1 aliphatic heterocycles. The zero-order valence-corrected chi connectivity index (χ0v) is 17.0. The van der Waals surface area contributed by atoms with Crippen LogP contribution in [-0.4, -0.2) is 35.1 Å². The smallest absolute Gasteiger partial charge is 0.217 e. The number of benzene rings is 2. The molecule has 0 aliphatic carbocycles. The number of phenolic OH excluding ortho intramolecular Hbond substituents is 1. The molecule has 1 saturated heterocycles. The van der Waals surface area contributed by atoms with Gasteiger partial charge < -0.3 is 15.3 Å². The van der Waals surface area contributed by atoms with Crippen LogP contribution in [0, 0.1) is 12.7 Å². The number of aromatic hydroxyl groups is 1. The number of hydrogen-bond acceptors (Lipinski definition) is 4. The van der Waals surface area contributed by atoms with Crippen LogP contribution >= 0.6 is 0 Å². The Morgan fingerprint density at radius 3 is 2.77 bits per heavy atom. The van der Waals surface area contributed by atoms with E-state index in [1.807, 2.05) is 37.3 Å². The van der Waals surface area contributed by atoms with E-state index >= 15 is 0 Å². The fraction of sp³-hybridized carbons (Fsp3) is 0.250. The average Bonchev–Trinajstić information content (AvgIpc) is 3.17. The number of aromatic nitrogens is 1. The normalized spacial score (nSPS) is 16.0. The summed E-state index contributed by atoms with van der Waals surface area (Å²) in [6.45, 7) is 4.88. The van der Waals surface area contributed by atoms with E-state index in [0.29, 0.717) is 17.8 Å². The SMILES string of the molecule is CC(=O)NC1CCN(c2cc(-c3cccc(F)c3)cc(-c3cc(C)ccc3O)n2)C1. The summed E-state index contributed by atoms with van der Waals surface area (Å²) < 4.78 is 13.9. The van der Waals surface area contributed by atoms with Crippen molar-refractivity contribution in [1.29, 1.82) is 0 Å². The molecule has 0 spiro atoms. The topological polar surface area (TPSA) is 65.5 Å². The molecule has 1 atom stereocenters. The standard InChI is InChI=1S/C24H24FN3O2/c1-15-6-7-23(30)21(10-15)22-12-18(17-4-3-5-19(25)11-17)13-24(27-22)28-9-8-20(14-28)26-16(2)29/h3-7,10-13,20,30H,8-9,14H2,1-2H3,(H,26,29). The van der Waals surface area contributed by atoms with Gasteiger partial charge in [-0.05, 0) is 60.9 Å². The predicted molar refractivity (Wildman–Crippen MR) is 116 cm³/mol. The highest BCUT2D eigenvalue weighted by Gasteiger charge is 2.25. The van der Waals surface area contributed by atoms with Gasteiger partial charge in [-0.1, -0.05) is 23.8 Å². The van der Waals surface area contributed by atoms with Crippen molar-refractivity contribution in [2.24, 2.45) is 0 Å². The maximum atomic E-state index is 13.9. The van der Waals surface area contributed by atoms with Gasteiger partial charge in [-0.15, -0.1) is 0 Å². The van der Waals surface area contributed by atoms with E-state index in [-0.39, 0.29) is 23.5 Å². The van der Waals surface area contributed by atoms with Gasteiger partial charge in [0.25, 0.3) is 0 Å². The Balaban J connectivity index is 1.79. The van der Waals surface area contributed by atoms with Crippen molar-refractivity contribution < 1.29 is 14.3 Å². The fourth-order valence-corrected chi connectivity index (χ4v) is 3.88. The maximum Gasteiger partial charge on any atom is 0.217 e. The molecule has 0 saturated carbocycles. The first-order chi connectivity index (χ1) is 14.4. The first-order valence-electron chi connectivity index (χ1n) is 9.99. The number of aryl methyl sites for hydroxylation is 1. The molecule has 0 radical (unpaired) electrons. The number of nitrogens with zero attached hydrogens (tertiary/aromatic N) is 2. The van der Waals surface area contributed by atoms with Crippen LogP contribution in [0.25, 0.3) is 22.4 Å². The van der Waals surface area contributed by atoms with Crippen molar-refractivity contribution >= 4 is 11.7 Å². The molecule has 30 heavy (non-hydrogen) atoms. The first kappa shape index (κ1) is 19.9. The van der Waals surface area contributed by atoms with Crippen molar-refractivity contribution in [1.82, 2.24) is 10.3 Å². The minimum atomic E-state index is -0.308. The summed E-state index contributed by atoms with van der Waals surface area (Å²) in [7, 11) is 0. The highest BCUT2D eigenvalue weighted by atomic mass is 19.1. The highest BCUT2D eigenvalue weighted by Crippen LogP contribution is 2.34. The molecule has 1 aliphatic rings. The second-order valence-electron chi connectivity index (χ2n) is 7.76. The van der Waals surface area contributed by atoms with Crippen molar-refractivity contribution in [3.63, 3.8) is 0 Å². The van der Waals surface area contributed by atoms with Crippen molar-refractivity contribution in [2.45, 2.75) is 26.3 Å². The van der Waals surface area contributed by atoms with E-state index in [1.165, 1.54) is 19.1 Å². The molecule has 4 rings (SSSR count). The summed E-state index contributed by atoms with van der Waals surface area (Å²) >= 11 is 0. The van der Waals surface area contributed by atoms with Crippen molar-refractivity contribution in [2.75, 3.05) is 18.0 Å². The Labute approximate surface area is 175 Å². The van der Waals surface area contributed by atoms with Gasteiger partial charge in [-0.2, -0.15) is 0 Å². The van der Waals surface area contributed by atoms with E-state index < -0.39 is 0 Å². The van der Waals surface area contributed by atoms with Crippen LogP contribution in [0.15, 0.2) is 54.6 Å². The Morgan fingerprint density at radius 2 is 2.00 bits per heavy atom. The Hall–Kier alpha value is -3.41. The Bertz CT molecular complexity index is 1100. The van der Waals surface area contributed by atoms with Crippen molar-refractivity contribution in [3.8, 4) is 28.1 Å². The van der Waals surface area contributed by atoms with Gasteiger partial charge in [0, 0.05) is 31.6 Å². The third-order valence-corrected chi connectivity index (χ3v) is 5.32. The lowest BCUT2D eigenvalue weighted by atomic mass is 10.0. The lowest BCUT2D eigenvalue weighted by Gasteiger charge is -2.20. The molecule has 1 aromatic heterocycles. The quantitative estimate of drug-likeness (QED) is 0.680. The minimum Gasteiger partial charge on any atom is -0.507 e. The molecule has 3 aromatic rings. The van der Waals surface area contributed by atoms with E-state index in [0.717, 1.165) is 35.5 Å². The molecule has 1 fully saturated rings. The Morgan fingerprint density at radius 1 is 1.17 bits per heavy atom. The van der Waals surface area contributed by atoms with Crippen LogP contribution in [0.4, 0.5) is 10.2 Å². The summed E-state index contributed by atoms with van der Waals surface area (Å²) in [5.41, 5.74) is 3.82. The molecule has 0 bridgehead atoms. The Kier molecular flexibility index (Phi) is 5.40. The van der Waals surface area contributed by atoms with Gasteiger partial charge in [0.05, 0.1) is 5.69 Å². The fourth-order valence-electron chi connectivity index (χ4n) is 3.88. The predicted octanol–water partition coefficient (Wildman–Crippen LogP) is 4.28. The molecule has 2 aromatic carbocycles. The summed E-state index contributed by atoms with van der Waals surface area (Å²) in [5.74, 6) is 0.528. The molecule has 1 unspecified atom stereocenters. The molecular weight excluding hydrogens is 381 g/mol. The zero-order chi connectivity index (χ0) is 21.3. The highest BCUT2D eigenvalue weighted by molar-refractivity contribution is 5.77. The summed E-state index contributed by atoms with van der Waals surface area (Å²) in [5, 5.41) is 13.4. The number of carbonyl (C=O) groups is 1. The van der Waals surface area contributed by atoms with E-state index in [2.05, 4.69) is 10.2 Å². The maximum absolute atomic E-state index is 13.9. The van der Waals surface area contributed by atoms with Gasteiger partial charge in [-0.25, -0.2) is 9.37 Å². The number of rotatable bonds is 4. The van der Waals surface area contributed by atoms with E-state index in [9.17, 15) is 14.3 Å². The number of phenols is 1. The van der Waals surface area contributed by atoms with Gasteiger partial charge in [0.2, 0.25) is 5.91 Å². The second-order valence-corrected chi connectivity index (χ2v) is 7.76. The average molecular weight is 405 g/mol. The van der Waals surface area contributed by atoms with Gasteiger partial charge in [-0.3, -0.25) is 4.79 Å². The molecule has 2 heterocycles. The van der Waals surface area contributed by atoms with Crippen LogP contribution in [0.5, 0.6) is 5.75 Å². The van der Waals surface area contributed by atoms with Crippen LogP contribution in [0.3, 0.4) is 0 Å². The molecular formula is C24H24FN3O2. The lowest BCUT2D eigenvalue weighted by molar-refractivity contribution is -0.119. The van der Waals surface area contributed by atoms with Gasteiger partial charge in [0.1, 0.15) is 17.4 Å². The minimum absolute atomic E-state index is 0.0475. The van der Waals surface area contributed by atoms with Crippen LogP contribution in [-0.2, 0) is 4.79 Å². The number of carbonyl (C=O) groups excluding carboxylic acids is 1. The molecule has 5 nitrogen and oxygen atoms in total. The number of halogens is 1. The molecule has 2 N–H and O–H groups in total. The van der Waals surface area contributed by atoms with Crippen LogP contribution in [0.1, 0.15) is 18.9 Å².